The Morgan fingerprint density at radius 3 is 2.92 bits per heavy atom. The molecule has 0 aromatic carbocycles. The van der Waals surface area contributed by atoms with Crippen molar-refractivity contribution >= 4 is 5.91 Å². The van der Waals surface area contributed by atoms with Gasteiger partial charge in [0.1, 0.15) is 6.26 Å². The smallest absolute Gasteiger partial charge is 0.273 e. The highest BCUT2D eigenvalue weighted by Gasteiger charge is 2.14. The summed E-state index contributed by atoms with van der Waals surface area (Å²) in [5, 5.41) is 6.43. The lowest BCUT2D eigenvalue weighted by atomic mass is 10.2. The highest BCUT2D eigenvalue weighted by molar-refractivity contribution is 5.93. The lowest BCUT2D eigenvalue weighted by Gasteiger charge is -2.09. The number of carbonyl (C=O) groups is 1. The summed E-state index contributed by atoms with van der Waals surface area (Å²) in [6.45, 7) is 5.76. The van der Waals surface area contributed by atoms with Gasteiger partial charge in [-0.2, -0.15) is 0 Å². The molecular weight excluding hydrogens is 168 g/mol. The zero-order chi connectivity index (χ0) is 9.84. The Balaban J connectivity index is 2.64. The molecule has 72 valence electrons. The van der Waals surface area contributed by atoms with Gasteiger partial charge in [-0.25, -0.2) is 0 Å². The molecule has 1 rings (SSSR count). The summed E-state index contributed by atoms with van der Waals surface area (Å²) in [6, 6.07) is 0.170. The lowest BCUT2D eigenvalue weighted by molar-refractivity contribution is 0.0929. The van der Waals surface area contributed by atoms with Crippen molar-refractivity contribution in [1.29, 1.82) is 0 Å². The molecule has 1 aromatic rings. The van der Waals surface area contributed by atoms with Gasteiger partial charge in [0.15, 0.2) is 5.69 Å². The second kappa shape index (κ2) is 4.07. The zero-order valence-electron chi connectivity index (χ0n) is 8.13. The third-order valence-corrected chi connectivity index (χ3v) is 1.95. The predicted molar refractivity (Wildman–Crippen MR) is 48.5 cm³/mol. The van der Waals surface area contributed by atoms with E-state index in [1.54, 1.807) is 6.92 Å². The average molecular weight is 182 g/mol. The van der Waals surface area contributed by atoms with Crippen molar-refractivity contribution in [3.63, 3.8) is 0 Å². The van der Waals surface area contributed by atoms with Crippen molar-refractivity contribution < 1.29 is 9.32 Å². The minimum absolute atomic E-state index is 0.166. The maximum Gasteiger partial charge on any atom is 0.273 e. The van der Waals surface area contributed by atoms with Gasteiger partial charge < -0.3 is 9.84 Å². The first-order valence-corrected chi connectivity index (χ1v) is 4.37. The Morgan fingerprint density at radius 1 is 1.77 bits per heavy atom. The molecule has 1 heterocycles. The van der Waals surface area contributed by atoms with E-state index in [-0.39, 0.29) is 11.9 Å². The van der Waals surface area contributed by atoms with Crippen LogP contribution in [0.3, 0.4) is 0 Å². The summed E-state index contributed by atoms with van der Waals surface area (Å²) in [5.74, 6) is -0.166. The second-order valence-electron chi connectivity index (χ2n) is 3.13. The maximum absolute atomic E-state index is 11.5. The molecular formula is C9H14N2O2. The summed E-state index contributed by atoms with van der Waals surface area (Å²) in [7, 11) is 0. The molecule has 1 unspecified atom stereocenters. The van der Waals surface area contributed by atoms with Crippen LogP contribution < -0.4 is 5.32 Å². The van der Waals surface area contributed by atoms with Crippen LogP contribution in [0.4, 0.5) is 0 Å². The largest absolute Gasteiger partial charge is 0.364 e. The Labute approximate surface area is 77.3 Å². The first kappa shape index (κ1) is 9.77. The fraction of sp³-hybridized carbons (Fsp3) is 0.556. The number of hydrogen-bond donors (Lipinski definition) is 1. The Bertz CT molecular complexity index is 294. The van der Waals surface area contributed by atoms with E-state index in [1.807, 2.05) is 13.8 Å². The molecule has 0 spiro atoms. The molecule has 0 saturated carbocycles. The molecule has 0 radical (unpaired) electrons. The molecule has 1 amide bonds. The van der Waals surface area contributed by atoms with E-state index in [0.29, 0.717) is 5.69 Å². The van der Waals surface area contributed by atoms with E-state index >= 15 is 0 Å². The minimum atomic E-state index is -0.166. The summed E-state index contributed by atoms with van der Waals surface area (Å²) in [5.41, 5.74) is 1.14. The van der Waals surface area contributed by atoms with Gasteiger partial charge in [0, 0.05) is 11.6 Å². The van der Waals surface area contributed by atoms with E-state index in [9.17, 15) is 4.79 Å². The van der Waals surface area contributed by atoms with Crippen LogP contribution in [0.2, 0.25) is 0 Å². The summed E-state index contributed by atoms with van der Waals surface area (Å²) >= 11 is 0. The number of nitrogens with one attached hydrogen (secondary N) is 1. The van der Waals surface area contributed by atoms with E-state index in [4.69, 9.17) is 0 Å². The standard InChI is InChI=1S/C9H14N2O2/c1-4-7(3)10-9(12)8-6(2)5-13-11-8/h5,7H,4H2,1-3H3,(H,10,12). The van der Waals surface area contributed by atoms with Crippen molar-refractivity contribution in [3.05, 3.63) is 17.5 Å². The molecule has 4 nitrogen and oxygen atoms in total. The number of aromatic nitrogens is 1. The normalized spacial score (nSPS) is 12.5. The van der Waals surface area contributed by atoms with E-state index in [2.05, 4.69) is 15.0 Å². The SMILES string of the molecule is CCC(C)NC(=O)c1nocc1C. The quantitative estimate of drug-likeness (QED) is 0.770. The third-order valence-electron chi connectivity index (χ3n) is 1.95. The summed E-state index contributed by atoms with van der Waals surface area (Å²) in [6.07, 6.45) is 2.37. The van der Waals surface area contributed by atoms with Crippen LogP contribution in [-0.2, 0) is 0 Å². The van der Waals surface area contributed by atoms with Gasteiger partial charge >= 0.3 is 0 Å². The number of rotatable bonds is 3. The van der Waals surface area contributed by atoms with Crippen LogP contribution in [0.25, 0.3) is 0 Å². The van der Waals surface area contributed by atoms with Gasteiger partial charge in [0.25, 0.3) is 5.91 Å². The number of nitrogens with zero attached hydrogens (tertiary/aromatic N) is 1. The maximum atomic E-state index is 11.5. The number of hydrogen-bond acceptors (Lipinski definition) is 3. The highest BCUT2D eigenvalue weighted by Crippen LogP contribution is 2.04. The topological polar surface area (TPSA) is 55.1 Å². The molecule has 0 saturated heterocycles. The summed E-state index contributed by atoms with van der Waals surface area (Å²) in [4.78, 5) is 11.5. The lowest BCUT2D eigenvalue weighted by Crippen LogP contribution is -2.32. The second-order valence-corrected chi connectivity index (χ2v) is 3.13. The van der Waals surface area contributed by atoms with Crippen molar-refractivity contribution in [3.8, 4) is 0 Å². The van der Waals surface area contributed by atoms with Gasteiger partial charge in [-0.3, -0.25) is 4.79 Å². The number of aryl methyl sites for hydroxylation is 1. The molecule has 0 bridgehead atoms. The number of carbonyl (C=O) groups excluding carboxylic acids is 1. The molecule has 0 fully saturated rings. The van der Waals surface area contributed by atoms with E-state index < -0.39 is 0 Å². The highest BCUT2D eigenvalue weighted by atomic mass is 16.5. The fourth-order valence-electron chi connectivity index (χ4n) is 0.901. The Hall–Kier alpha value is -1.32. The predicted octanol–water partition coefficient (Wildman–Crippen LogP) is 1.51. The zero-order valence-corrected chi connectivity index (χ0v) is 8.13. The van der Waals surface area contributed by atoms with Crippen LogP contribution in [0.1, 0.15) is 36.3 Å². The molecule has 0 aliphatic carbocycles. The van der Waals surface area contributed by atoms with Gasteiger partial charge in [0.2, 0.25) is 0 Å². The molecule has 1 N–H and O–H groups in total. The molecule has 1 atom stereocenters. The third kappa shape index (κ3) is 2.31. The van der Waals surface area contributed by atoms with Crippen molar-refractivity contribution in [2.24, 2.45) is 0 Å². The molecule has 4 heteroatoms. The van der Waals surface area contributed by atoms with Gasteiger partial charge in [-0.05, 0) is 20.3 Å². The molecule has 1 aromatic heterocycles. The van der Waals surface area contributed by atoms with E-state index in [0.717, 1.165) is 12.0 Å². The van der Waals surface area contributed by atoms with Crippen LogP contribution in [0.5, 0.6) is 0 Å². The Morgan fingerprint density at radius 2 is 2.46 bits per heavy atom. The van der Waals surface area contributed by atoms with Gasteiger partial charge in [-0.1, -0.05) is 12.1 Å². The average Bonchev–Trinajstić information content (AvgIpc) is 2.51. The first-order valence-electron chi connectivity index (χ1n) is 4.37. The van der Waals surface area contributed by atoms with Gasteiger partial charge in [0.05, 0.1) is 0 Å². The Kier molecular flexibility index (Phi) is 3.06. The van der Waals surface area contributed by atoms with Crippen LogP contribution in [0, 0.1) is 6.92 Å². The van der Waals surface area contributed by atoms with Gasteiger partial charge in [-0.15, -0.1) is 0 Å². The fourth-order valence-corrected chi connectivity index (χ4v) is 0.901. The van der Waals surface area contributed by atoms with Crippen LogP contribution >= 0.6 is 0 Å². The molecule has 0 aliphatic rings. The van der Waals surface area contributed by atoms with Crippen molar-refractivity contribution in [1.82, 2.24) is 10.5 Å². The minimum Gasteiger partial charge on any atom is -0.364 e. The number of amides is 1. The first-order chi connectivity index (χ1) is 6.15. The van der Waals surface area contributed by atoms with E-state index in [1.165, 1.54) is 6.26 Å². The molecule has 13 heavy (non-hydrogen) atoms. The summed E-state index contributed by atoms with van der Waals surface area (Å²) < 4.78 is 4.67. The monoisotopic (exact) mass is 182 g/mol. The van der Waals surface area contributed by atoms with Crippen molar-refractivity contribution in [2.45, 2.75) is 33.2 Å². The van der Waals surface area contributed by atoms with Crippen LogP contribution in [-0.4, -0.2) is 17.1 Å². The van der Waals surface area contributed by atoms with Crippen LogP contribution in [0.15, 0.2) is 10.8 Å². The van der Waals surface area contributed by atoms with Crippen molar-refractivity contribution in [2.75, 3.05) is 0 Å². The molecule has 0 aliphatic heterocycles.